The number of ketones is 1. The number of hydrogen-bond donors (Lipinski definition) is 0. The van der Waals surface area contributed by atoms with Gasteiger partial charge in [0.1, 0.15) is 15.6 Å². The van der Waals surface area contributed by atoms with Gasteiger partial charge in [-0.25, -0.2) is 8.42 Å². The van der Waals surface area contributed by atoms with Crippen LogP contribution in [0.5, 0.6) is 0 Å². The van der Waals surface area contributed by atoms with E-state index >= 15 is 0 Å². The maximum atomic E-state index is 12.7. The van der Waals surface area contributed by atoms with Crippen LogP contribution in [0.3, 0.4) is 0 Å². The molecule has 2 aliphatic rings. The molecule has 0 atom stereocenters. The first-order valence-corrected chi connectivity index (χ1v) is 8.39. The van der Waals surface area contributed by atoms with Gasteiger partial charge in [-0.1, -0.05) is 0 Å². The van der Waals surface area contributed by atoms with Crippen molar-refractivity contribution in [2.75, 3.05) is 11.5 Å². The van der Waals surface area contributed by atoms with E-state index in [2.05, 4.69) is 13.8 Å². The second-order valence-electron chi connectivity index (χ2n) is 5.79. The molecule has 2 rings (SSSR count). The molecule has 2 aliphatic heterocycles. The minimum absolute atomic E-state index is 0. The van der Waals surface area contributed by atoms with E-state index in [1.54, 1.807) is 0 Å². The van der Waals surface area contributed by atoms with Crippen molar-refractivity contribution in [1.29, 1.82) is 0 Å². The van der Waals surface area contributed by atoms with E-state index in [1.807, 2.05) is 0 Å². The standard InChI is InChI=1S/C13H20NO4S.Os/c1-3-12(4-2)9-11(15)10-13(14(12)16)5-7-19(17,18)8-6-13;/h1-10H2;/q-3;+2. The van der Waals surface area contributed by atoms with E-state index in [9.17, 15) is 18.4 Å². The number of nitrogens with zero attached hydrogens (tertiary/aromatic N) is 1. The van der Waals surface area contributed by atoms with Gasteiger partial charge in [0, 0.05) is 18.4 Å². The molecule has 0 aromatic carbocycles. The Morgan fingerprint density at radius 2 is 1.65 bits per heavy atom. The Hall–Kier alpha value is 0.176. The summed E-state index contributed by atoms with van der Waals surface area (Å²) < 4.78 is 23.1. The van der Waals surface area contributed by atoms with Crippen molar-refractivity contribution in [1.82, 2.24) is 5.06 Å². The summed E-state index contributed by atoms with van der Waals surface area (Å²) in [7, 11) is -3.06. The summed E-state index contributed by atoms with van der Waals surface area (Å²) in [6.45, 7) is 7.58. The predicted molar refractivity (Wildman–Crippen MR) is 72.7 cm³/mol. The second-order valence-corrected chi connectivity index (χ2v) is 8.09. The molecule has 0 aliphatic carbocycles. The van der Waals surface area contributed by atoms with Gasteiger partial charge in [0.05, 0.1) is 11.5 Å². The topological polar surface area (TPSA) is 77.5 Å². The fourth-order valence-corrected chi connectivity index (χ4v) is 4.83. The second kappa shape index (κ2) is 6.12. The van der Waals surface area contributed by atoms with Crippen LogP contribution in [0.1, 0.15) is 38.5 Å². The molecule has 5 nitrogen and oxygen atoms in total. The third-order valence-corrected chi connectivity index (χ3v) is 6.25. The zero-order valence-electron chi connectivity index (χ0n) is 11.4. The van der Waals surface area contributed by atoms with E-state index in [0.717, 1.165) is 5.06 Å². The summed E-state index contributed by atoms with van der Waals surface area (Å²) in [4.78, 5) is 12.0. The molecule has 0 unspecified atom stereocenters. The van der Waals surface area contributed by atoms with Crippen LogP contribution in [-0.4, -0.2) is 41.8 Å². The molecule has 20 heavy (non-hydrogen) atoms. The zero-order valence-corrected chi connectivity index (χ0v) is 14.8. The van der Waals surface area contributed by atoms with Crippen LogP contribution in [0.4, 0.5) is 0 Å². The number of carbonyl (C=O) groups is 1. The number of hydrogen-bond acceptors (Lipinski definition) is 5. The molecule has 0 aromatic rings. The van der Waals surface area contributed by atoms with E-state index in [0.29, 0.717) is 12.8 Å². The smallest absolute Gasteiger partial charge is 0.784 e. The Bertz CT molecular complexity index is 459. The van der Waals surface area contributed by atoms with Crippen LogP contribution in [0, 0.1) is 19.1 Å². The molecule has 2 saturated heterocycles. The Morgan fingerprint density at radius 3 is 2.10 bits per heavy atom. The fraction of sp³-hybridized carbons (Fsp3) is 0.769. The first-order chi connectivity index (χ1) is 8.79. The van der Waals surface area contributed by atoms with Gasteiger partial charge in [-0.15, -0.1) is 0 Å². The molecule has 0 saturated carbocycles. The minimum Gasteiger partial charge on any atom is -0.784 e. The average molecular weight is 477 g/mol. The van der Waals surface area contributed by atoms with Gasteiger partial charge in [0.25, 0.3) is 0 Å². The first kappa shape index (κ1) is 18.2. The Balaban J connectivity index is 0.00000200. The summed E-state index contributed by atoms with van der Waals surface area (Å²) >= 11 is 0. The minimum atomic E-state index is -3.06. The van der Waals surface area contributed by atoms with Gasteiger partial charge in [-0.3, -0.25) is 4.79 Å². The van der Waals surface area contributed by atoms with Crippen LogP contribution < -0.4 is 0 Å². The van der Waals surface area contributed by atoms with Gasteiger partial charge < -0.3 is 24.1 Å². The average Bonchev–Trinajstić information content (AvgIpc) is 2.37. The summed E-state index contributed by atoms with van der Waals surface area (Å²) in [5.41, 5.74) is -1.70. The predicted octanol–water partition coefficient (Wildman–Crippen LogP) is 1.28. The Labute approximate surface area is 134 Å². The molecule has 0 amide bonds. The van der Waals surface area contributed by atoms with E-state index in [4.69, 9.17) is 0 Å². The number of rotatable bonds is 2. The first-order valence-electron chi connectivity index (χ1n) is 6.57. The van der Waals surface area contributed by atoms with Crippen molar-refractivity contribution in [2.24, 2.45) is 0 Å². The van der Waals surface area contributed by atoms with Crippen LogP contribution in [-0.2, 0) is 34.4 Å². The number of hydroxylamine groups is 2. The zero-order chi connectivity index (χ0) is 14.3. The number of Topliss-reactive ketones (excluding diaryl/α,β-unsaturated/α-hetero) is 1. The molecule has 0 radical (unpaired) electrons. The van der Waals surface area contributed by atoms with Crippen molar-refractivity contribution in [3.8, 4) is 0 Å². The molecular formula is C13H20NO4OsS-. The summed E-state index contributed by atoms with van der Waals surface area (Å²) in [6, 6.07) is 0. The van der Waals surface area contributed by atoms with Gasteiger partial charge in [-0.2, -0.15) is 12.8 Å². The largest absolute Gasteiger partial charge is 2.00 e. The Morgan fingerprint density at radius 1 is 1.15 bits per heavy atom. The number of piperidine rings is 1. The van der Waals surface area contributed by atoms with Crippen molar-refractivity contribution in [3.63, 3.8) is 0 Å². The van der Waals surface area contributed by atoms with Gasteiger partial charge in [-0.05, 0) is 18.4 Å². The number of carbonyl (C=O) groups excluding carboxylic acids is 1. The van der Waals surface area contributed by atoms with Crippen molar-refractivity contribution in [2.45, 2.75) is 49.6 Å². The molecule has 0 N–H and O–H groups in total. The molecule has 116 valence electrons. The van der Waals surface area contributed by atoms with Gasteiger partial charge >= 0.3 is 19.8 Å². The summed E-state index contributed by atoms with van der Waals surface area (Å²) in [5, 5.41) is 13.7. The van der Waals surface area contributed by atoms with Crippen LogP contribution in [0.2, 0.25) is 0 Å². The molecule has 2 fully saturated rings. The third kappa shape index (κ3) is 3.01. The van der Waals surface area contributed by atoms with E-state index in [1.165, 1.54) is 0 Å². The van der Waals surface area contributed by atoms with Crippen molar-refractivity contribution < 1.29 is 33.0 Å². The summed E-state index contributed by atoms with van der Waals surface area (Å²) in [6.07, 6.45) is 1.46. The molecular weight excluding hydrogens is 456 g/mol. The molecule has 0 bridgehead atoms. The summed E-state index contributed by atoms with van der Waals surface area (Å²) in [5.74, 6) is 0.00551. The maximum absolute atomic E-state index is 12.7. The molecule has 1 spiro atoms. The van der Waals surface area contributed by atoms with E-state index in [-0.39, 0.29) is 62.8 Å². The molecule has 7 heteroatoms. The monoisotopic (exact) mass is 478 g/mol. The van der Waals surface area contributed by atoms with Crippen LogP contribution in [0.15, 0.2) is 0 Å². The fourth-order valence-electron chi connectivity index (χ4n) is 3.25. The number of sulfone groups is 1. The normalized spacial score (nSPS) is 28.1. The van der Waals surface area contributed by atoms with Crippen LogP contribution in [0.25, 0.3) is 0 Å². The third-order valence-electron chi connectivity index (χ3n) is 4.60. The Kier molecular flexibility index (Phi) is 5.58. The van der Waals surface area contributed by atoms with E-state index < -0.39 is 20.9 Å². The van der Waals surface area contributed by atoms with Crippen molar-refractivity contribution >= 4 is 15.6 Å². The molecule has 0 aromatic heterocycles. The quantitative estimate of drug-likeness (QED) is 0.561. The maximum Gasteiger partial charge on any atom is 2.00 e. The van der Waals surface area contributed by atoms with Gasteiger partial charge in [0.15, 0.2) is 0 Å². The van der Waals surface area contributed by atoms with Crippen molar-refractivity contribution in [3.05, 3.63) is 19.1 Å². The van der Waals surface area contributed by atoms with Crippen LogP contribution >= 0.6 is 0 Å². The van der Waals surface area contributed by atoms with Gasteiger partial charge in [0.2, 0.25) is 0 Å². The SMILES string of the molecule is [CH2-]CC1(C[CH2-])CC(=O)CC2(CCS(=O)(=O)CC2)N1[O-].[Os+2]. The molecule has 2 heterocycles.